The first kappa shape index (κ1) is 11.6. The highest BCUT2D eigenvalue weighted by Gasteiger charge is 2.10. The Kier molecular flexibility index (Phi) is 3.30. The number of halogens is 1. The lowest BCUT2D eigenvalue weighted by Crippen LogP contribution is -2.05. The van der Waals surface area contributed by atoms with Crippen LogP contribution >= 0.6 is 15.9 Å². The lowest BCUT2D eigenvalue weighted by atomic mass is 10.1. The monoisotopic (exact) mass is 281 g/mol. The molecule has 0 bridgehead atoms. The van der Waals surface area contributed by atoms with Crippen LogP contribution in [0.4, 0.5) is 0 Å². The predicted octanol–water partition coefficient (Wildman–Crippen LogP) is 3.10. The van der Waals surface area contributed by atoms with E-state index >= 15 is 0 Å². The van der Waals surface area contributed by atoms with Crippen molar-refractivity contribution in [2.75, 3.05) is 7.05 Å². The highest BCUT2D eigenvalue weighted by Crippen LogP contribution is 2.26. The van der Waals surface area contributed by atoms with Gasteiger partial charge >= 0.3 is 0 Å². The first-order chi connectivity index (χ1) is 7.63. The third-order valence-corrected chi connectivity index (χ3v) is 3.18. The van der Waals surface area contributed by atoms with Gasteiger partial charge in [0.15, 0.2) is 0 Å². The summed E-state index contributed by atoms with van der Waals surface area (Å²) in [6, 6.07) is 6.84. The molecule has 0 unspecified atom stereocenters. The molecule has 0 spiro atoms. The van der Waals surface area contributed by atoms with Gasteiger partial charge in [-0.05, 0) is 54.5 Å². The van der Waals surface area contributed by atoms with Crippen molar-refractivity contribution in [1.82, 2.24) is 15.1 Å². The number of hydrogen-bond acceptors (Lipinski definition) is 2. The van der Waals surface area contributed by atoms with Crippen LogP contribution in [0.2, 0.25) is 0 Å². The average Bonchev–Trinajstić information content (AvgIpc) is 2.57. The largest absolute Gasteiger partial charge is 0.316 e. The van der Waals surface area contributed by atoms with Crippen LogP contribution in [0.25, 0.3) is 10.9 Å². The van der Waals surface area contributed by atoms with E-state index in [9.17, 15) is 0 Å². The summed E-state index contributed by atoms with van der Waals surface area (Å²) in [5.74, 6) is 0. The highest BCUT2D eigenvalue weighted by molar-refractivity contribution is 9.10. The van der Waals surface area contributed by atoms with E-state index in [1.807, 2.05) is 11.7 Å². The molecule has 0 aliphatic rings. The van der Waals surface area contributed by atoms with E-state index in [-0.39, 0.29) is 0 Å². The summed E-state index contributed by atoms with van der Waals surface area (Å²) in [4.78, 5) is 0. The quantitative estimate of drug-likeness (QED) is 0.937. The van der Waals surface area contributed by atoms with Crippen molar-refractivity contribution in [2.45, 2.75) is 26.4 Å². The molecule has 1 heterocycles. The Hall–Kier alpha value is -0.870. The van der Waals surface area contributed by atoms with E-state index in [1.54, 1.807) is 0 Å². The van der Waals surface area contributed by atoms with E-state index in [0.717, 1.165) is 11.1 Å². The molecule has 0 aliphatic heterocycles. The van der Waals surface area contributed by atoms with Gasteiger partial charge in [0.1, 0.15) is 4.60 Å². The molecule has 0 aliphatic carbocycles. The lowest BCUT2D eigenvalue weighted by molar-refractivity contribution is 0.548. The fourth-order valence-corrected chi connectivity index (χ4v) is 2.35. The van der Waals surface area contributed by atoms with Gasteiger partial charge in [0.2, 0.25) is 0 Å². The molecule has 0 radical (unpaired) electrons. The third-order valence-electron chi connectivity index (χ3n) is 2.60. The zero-order chi connectivity index (χ0) is 11.7. The maximum Gasteiger partial charge on any atom is 0.136 e. The van der Waals surface area contributed by atoms with E-state index in [2.05, 4.69) is 58.4 Å². The van der Waals surface area contributed by atoms with Gasteiger partial charge in [-0.15, -0.1) is 0 Å². The Balaban J connectivity index is 2.57. The topological polar surface area (TPSA) is 29.9 Å². The number of rotatable bonds is 3. The number of aromatic nitrogens is 2. The van der Waals surface area contributed by atoms with Crippen LogP contribution in [0.1, 0.15) is 25.5 Å². The molecular weight excluding hydrogens is 266 g/mol. The van der Waals surface area contributed by atoms with Crippen LogP contribution in [0, 0.1) is 0 Å². The van der Waals surface area contributed by atoms with Crippen molar-refractivity contribution >= 4 is 26.8 Å². The van der Waals surface area contributed by atoms with Crippen LogP contribution in [0.15, 0.2) is 22.8 Å². The standard InChI is InChI=1S/C12H16BrN3/c1-8(2)16-11-5-4-9(7-14-3)6-10(11)12(13)15-16/h4-6,8,14H,7H2,1-3H3. The van der Waals surface area contributed by atoms with Crippen molar-refractivity contribution in [2.24, 2.45) is 0 Å². The van der Waals surface area contributed by atoms with Crippen molar-refractivity contribution in [3.8, 4) is 0 Å². The first-order valence-corrected chi connectivity index (χ1v) is 6.24. The molecule has 4 heteroatoms. The summed E-state index contributed by atoms with van der Waals surface area (Å²) in [5, 5.41) is 8.84. The average molecular weight is 282 g/mol. The fraction of sp³-hybridized carbons (Fsp3) is 0.417. The molecule has 0 atom stereocenters. The van der Waals surface area contributed by atoms with Gasteiger partial charge in [-0.3, -0.25) is 4.68 Å². The van der Waals surface area contributed by atoms with Crippen LogP contribution in [0.3, 0.4) is 0 Å². The van der Waals surface area contributed by atoms with E-state index in [0.29, 0.717) is 6.04 Å². The van der Waals surface area contributed by atoms with E-state index in [4.69, 9.17) is 0 Å². The molecule has 16 heavy (non-hydrogen) atoms. The van der Waals surface area contributed by atoms with Crippen LogP contribution in [-0.2, 0) is 6.54 Å². The van der Waals surface area contributed by atoms with Gasteiger partial charge in [-0.2, -0.15) is 5.10 Å². The van der Waals surface area contributed by atoms with Gasteiger partial charge in [0.05, 0.1) is 5.52 Å². The van der Waals surface area contributed by atoms with Gasteiger partial charge in [-0.1, -0.05) is 6.07 Å². The van der Waals surface area contributed by atoms with Crippen molar-refractivity contribution in [3.63, 3.8) is 0 Å². The van der Waals surface area contributed by atoms with E-state index in [1.165, 1.54) is 16.5 Å². The smallest absolute Gasteiger partial charge is 0.136 e. The van der Waals surface area contributed by atoms with Crippen molar-refractivity contribution in [3.05, 3.63) is 28.4 Å². The molecule has 1 N–H and O–H groups in total. The molecule has 2 aromatic rings. The summed E-state index contributed by atoms with van der Waals surface area (Å²) in [6.45, 7) is 5.16. The number of hydrogen-bond donors (Lipinski definition) is 1. The maximum atomic E-state index is 4.50. The Morgan fingerprint density at radius 2 is 2.19 bits per heavy atom. The lowest BCUT2D eigenvalue weighted by Gasteiger charge is -2.07. The molecule has 0 fully saturated rings. The Bertz CT molecular complexity index is 502. The Morgan fingerprint density at radius 3 is 2.81 bits per heavy atom. The normalized spacial score (nSPS) is 11.6. The maximum absolute atomic E-state index is 4.50. The summed E-state index contributed by atoms with van der Waals surface area (Å²) in [6.07, 6.45) is 0. The molecular formula is C12H16BrN3. The van der Waals surface area contributed by atoms with Crippen LogP contribution in [-0.4, -0.2) is 16.8 Å². The van der Waals surface area contributed by atoms with E-state index < -0.39 is 0 Å². The molecule has 0 saturated heterocycles. The summed E-state index contributed by atoms with van der Waals surface area (Å²) >= 11 is 3.52. The summed E-state index contributed by atoms with van der Waals surface area (Å²) in [7, 11) is 1.96. The minimum absolute atomic E-state index is 0.379. The highest BCUT2D eigenvalue weighted by atomic mass is 79.9. The first-order valence-electron chi connectivity index (χ1n) is 5.44. The molecule has 2 rings (SSSR count). The second-order valence-corrected chi connectivity index (χ2v) is 4.96. The zero-order valence-corrected chi connectivity index (χ0v) is 11.4. The number of fused-ring (bicyclic) bond motifs is 1. The second-order valence-electron chi connectivity index (χ2n) is 4.21. The van der Waals surface area contributed by atoms with Crippen molar-refractivity contribution in [1.29, 1.82) is 0 Å². The fourth-order valence-electron chi connectivity index (χ4n) is 1.86. The zero-order valence-electron chi connectivity index (χ0n) is 9.79. The molecule has 86 valence electrons. The second kappa shape index (κ2) is 4.55. The van der Waals surface area contributed by atoms with Gasteiger partial charge in [0.25, 0.3) is 0 Å². The van der Waals surface area contributed by atoms with Crippen molar-refractivity contribution < 1.29 is 0 Å². The molecule has 0 saturated carbocycles. The van der Waals surface area contributed by atoms with Crippen LogP contribution in [0.5, 0.6) is 0 Å². The number of nitrogens with one attached hydrogen (secondary N) is 1. The molecule has 0 amide bonds. The molecule has 1 aromatic heterocycles. The van der Waals surface area contributed by atoms with Gasteiger partial charge < -0.3 is 5.32 Å². The Labute approximate surface area is 104 Å². The predicted molar refractivity (Wildman–Crippen MR) is 70.6 cm³/mol. The summed E-state index contributed by atoms with van der Waals surface area (Å²) < 4.78 is 2.97. The molecule has 3 nitrogen and oxygen atoms in total. The third kappa shape index (κ3) is 1.99. The molecule has 1 aromatic carbocycles. The summed E-state index contributed by atoms with van der Waals surface area (Å²) in [5.41, 5.74) is 2.46. The minimum atomic E-state index is 0.379. The number of nitrogens with zero attached hydrogens (tertiary/aromatic N) is 2. The van der Waals surface area contributed by atoms with Gasteiger partial charge in [0, 0.05) is 18.0 Å². The van der Waals surface area contributed by atoms with Crippen LogP contribution < -0.4 is 5.32 Å². The van der Waals surface area contributed by atoms with Gasteiger partial charge in [-0.25, -0.2) is 0 Å². The Morgan fingerprint density at radius 1 is 1.44 bits per heavy atom. The SMILES string of the molecule is CNCc1ccc2c(c1)c(Br)nn2C(C)C. The minimum Gasteiger partial charge on any atom is -0.316 e. The number of benzene rings is 1.